The Balaban J connectivity index is 1.23. The minimum atomic E-state index is -0.965. The fourth-order valence-corrected chi connectivity index (χ4v) is 12.3. The molecule has 4 unspecified atom stereocenters. The van der Waals surface area contributed by atoms with Crippen LogP contribution in [0.5, 0.6) is 11.5 Å². The Hall–Kier alpha value is -2.86. The van der Waals surface area contributed by atoms with Crippen LogP contribution >= 0.6 is 0 Å². The quantitative estimate of drug-likeness (QED) is 0.229. The summed E-state index contributed by atoms with van der Waals surface area (Å²) in [5.41, 5.74) is 1.27. The lowest BCUT2D eigenvalue weighted by Gasteiger charge is -2.47. The number of likely N-dealkylation sites (N-methyl/N-ethyl adjacent to an activating group) is 1. The highest BCUT2D eigenvalue weighted by Gasteiger charge is 2.60. The fourth-order valence-electron chi connectivity index (χ4n) is 12.3. The van der Waals surface area contributed by atoms with E-state index in [1.165, 1.54) is 0 Å². The van der Waals surface area contributed by atoms with Crippen LogP contribution < -0.4 is 14.8 Å². The van der Waals surface area contributed by atoms with Gasteiger partial charge in [-0.25, -0.2) is 0 Å². The first kappa shape index (κ1) is 49.1. The lowest BCUT2D eigenvalue weighted by molar-refractivity contribution is -0.314. The van der Waals surface area contributed by atoms with Crippen molar-refractivity contribution in [2.45, 2.75) is 165 Å². The number of benzene rings is 1. The number of carbonyl (C=O) groups is 2. The molecule has 3 saturated heterocycles. The van der Waals surface area contributed by atoms with Gasteiger partial charge in [0.05, 0.1) is 62.9 Å². The SMILES string of the molecule is CC[C@H]1CCC[C@H](O[C@H]2CC[C@H](N(C)C)C(C)O2)[C@@H](C)C(=O)C2=C[C@H]3[C@@H]4C[C@H](O[C@@H]5OC(C)[C@H](OC)C(OC)C5OC)C[C@H]4[C@H](Nc4ccc(OC)cc4OC)[C@@H](O)[C@H]3[C@@H]2CC(=O)O1. The van der Waals surface area contributed by atoms with Crippen LogP contribution in [0.3, 0.4) is 0 Å². The monoisotopic (exact) mass is 901 g/mol. The Morgan fingerprint density at radius 2 is 1.58 bits per heavy atom. The number of hydrogen-bond acceptors (Lipinski definition) is 15. The lowest BCUT2D eigenvalue weighted by Crippen LogP contribution is -2.59. The fraction of sp³-hybridized carbons (Fsp3) is 0.796. The Morgan fingerprint density at radius 3 is 2.23 bits per heavy atom. The largest absolute Gasteiger partial charge is 0.497 e. The number of carbonyl (C=O) groups excluding carboxylic acids is 2. The van der Waals surface area contributed by atoms with Crippen LogP contribution in [-0.4, -0.2) is 151 Å². The molecule has 360 valence electrons. The molecule has 3 heterocycles. The Kier molecular flexibility index (Phi) is 16.4. The molecule has 2 saturated carbocycles. The number of aliphatic hydroxyl groups is 1. The first-order valence-corrected chi connectivity index (χ1v) is 23.7. The third-order valence-electron chi connectivity index (χ3n) is 15.6. The molecule has 0 spiro atoms. The van der Waals surface area contributed by atoms with Crippen LogP contribution in [-0.2, 0) is 47.5 Å². The molecule has 0 bridgehead atoms. The second-order valence-electron chi connectivity index (χ2n) is 19.3. The number of nitrogens with one attached hydrogen (secondary N) is 1. The Morgan fingerprint density at radius 1 is 0.844 bits per heavy atom. The van der Waals surface area contributed by atoms with Gasteiger partial charge in [-0.3, -0.25) is 9.59 Å². The van der Waals surface area contributed by atoms with Crippen molar-refractivity contribution in [2.24, 2.45) is 35.5 Å². The predicted octanol–water partition coefficient (Wildman–Crippen LogP) is 5.79. The third kappa shape index (κ3) is 10.0. The number of ether oxygens (including phenoxy) is 10. The highest BCUT2D eigenvalue weighted by Crippen LogP contribution is 2.58. The van der Waals surface area contributed by atoms with Crippen LogP contribution in [0, 0.1) is 35.5 Å². The van der Waals surface area contributed by atoms with Gasteiger partial charge in [-0.05, 0) is 115 Å². The number of anilines is 1. The number of Topliss-reactive ketones (excluding diaryl/α,β-unsaturated/α-hetero) is 1. The molecule has 7 rings (SSSR count). The molecule has 1 aromatic carbocycles. The molecule has 19 atom stereocenters. The number of ketones is 1. The van der Waals surface area contributed by atoms with E-state index in [0.717, 1.165) is 19.3 Å². The van der Waals surface area contributed by atoms with Crippen molar-refractivity contribution in [3.8, 4) is 11.5 Å². The molecule has 2 N–H and O–H groups in total. The van der Waals surface area contributed by atoms with Crippen LogP contribution in [0.1, 0.15) is 85.5 Å². The summed E-state index contributed by atoms with van der Waals surface area (Å²) in [6, 6.07) is 5.35. The zero-order valence-electron chi connectivity index (χ0n) is 39.9. The minimum absolute atomic E-state index is 0.0159. The van der Waals surface area contributed by atoms with Gasteiger partial charge >= 0.3 is 5.97 Å². The maximum Gasteiger partial charge on any atom is 0.306 e. The van der Waals surface area contributed by atoms with Crippen molar-refractivity contribution < 1.29 is 62.1 Å². The highest BCUT2D eigenvalue weighted by atomic mass is 16.7. The van der Waals surface area contributed by atoms with Crippen LogP contribution in [0.2, 0.25) is 0 Å². The number of methoxy groups -OCH3 is 5. The topological polar surface area (TPSA) is 162 Å². The molecule has 15 nitrogen and oxygen atoms in total. The predicted molar refractivity (Wildman–Crippen MR) is 238 cm³/mol. The second-order valence-corrected chi connectivity index (χ2v) is 19.3. The number of esters is 1. The van der Waals surface area contributed by atoms with Gasteiger partial charge < -0.3 is 62.7 Å². The van der Waals surface area contributed by atoms with Crippen molar-refractivity contribution >= 4 is 17.4 Å². The van der Waals surface area contributed by atoms with Crippen LogP contribution in [0.4, 0.5) is 5.69 Å². The summed E-state index contributed by atoms with van der Waals surface area (Å²) in [5.74, 6) is -1.11. The first-order chi connectivity index (χ1) is 30.7. The van der Waals surface area contributed by atoms with E-state index < -0.39 is 60.8 Å². The number of cyclic esters (lactones) is 1. The van der Waals surface area contributed by atoms with E-state index in [2.05, 4.69) is 37.3 Å². The van der Waals surface area contributed by atoms with Gasteiger partial charge in [-0.1, -0.05) is 19.9 Å². The summed E-state index contributed by atoms with van der Waals surface area (Å²) in [5, 5.41) is 16.6. The summed E-state index contributed by atoms with van der Waals surface area (Å²) in [7, 11) is 12.2. The van der Waals surface area contributed by atoms with Crippen LogP contribution in [0.25, 0.3) is 0 Å². The van der Waals surface area contributed by atoms with E-state index in [-0.39, 0.29) is 72.5 Å². The van der Waals surface area contributed by atoms with E-state index in [0.29, 0.717) is 54.9 Å². The molecule has 3 aliphatic carbocycles. The van der Waals surface area contributed by atoms with Crippen molar-refractivity contribution in [3.05, 3.63) is 29.8 Å². The summed E-state index contributed by atoms with van der Waals surface area (Å²) in [6.07, 6.45) is 2.90. The Bertz CT molecular complexity index is 1760. The van der Waals surface area contributed by atoms with Gasteiger partial charge in [-0.2, -0.15) is 0 Å². The second kappa shape index (κ2) is 21.4. The number of rotatable bonds is 13. The zero-order chi connectivity index (χ0) is 46.0. The average Bonchev–Trinajstić information content (AvgIpc) is 3.87. The average molecular weight is 901 g/mol. The summed E-state index contributed by atoms with van der Waals surface area (Å²) in [6.45, 7) is 8.02. The van der Waals surface area contributed by atoms with E-state index >= 15 is 4.79 Å². The van der Waals surface area contributed by atoms with E-state index in [1.807, 2.05) is 39.0 Å². The molecule has 0 amide bonds. The normalized spacial score (nSPS) is 41.8. The molecule has 0 aromatic heterocycles. The summed E-state index contributed by atoms with van der Waals surface area (Å²) < 4.78 is 61.7. The van der Waals surface area contributed by atoms with Gasteiger partial charge in [0.15, 0.2) is 18.4 Å². The van der Waals surface area contributed by atoms with Crippen molar-refractivity contribution in [2.75, 3.05) is 55.0 Å². The number of hydrogen-bond donors (Lipinski definition) is 2. The van der Waals surface area contributed by atoms with E-state index in [1.54, 1.807) is 35.5 Å². The standard InChI is InChI=1S/C49H76N2O13/c1-12-28-14-13-15-38(64-41-19-18-37(51(5)6)26(3)60-41)25(2)44(53)35-23-32-31-20-30(63-49-48(59-11)47(58-10)46(57-9)27(4)61-49)21-34(31)43(45(54)42(32)33(35)24-40(52)62-28)50-36-17-16-29(55-7)22-39(36)56-8/h16-17,22-23,25-28,30-34,37-38,41-43,45-50,54H,12-15,18-21,24H2,1-11H3/t25-,26?,27?,28+,30+,31+,32+,33-,34-,37+,38+,41+,42-,43+,45+,46+,47?,48?,49+/m1/s1. The zero-order valence-corrected chi connectivity index (χ0v) is 39.9. The Labute approximate surface area is 380 Å². The number of aliphatic hydroxyl groups excluding tert-OH is 1. The molecule has 5 fully saturated rings. The molecule has 15 heteroatoms. The molecule has 6 aliphatic rings. The molecular formula is C49H76N2O13. The summed E-state index contributed by atoms with van der Waals surface area (Å²) in [4.78, 5) is 31.4. The highest BCUT2D eigenvalue weighted by molar-refractivity contribution is 5.99. The van der Waals surface area contributed by atoms with Crippen molar-refractivity contribution in [1.29, 1.82) is 0 Å². The molecule has 0 radical (unpaired) electrons. The van der Waals surface area contributed by atoms with Crippen molar-refractivity contribution in [1.82, 2.24) is 4.90 Å². The maximum atomic E-state index is 15.2. The number of fused-ring (bicyclic) bond motifs is 5. The molecule has 3 aliphatic heterocycles. The van der Waals surface area contributed by atoms with Crippen molar-refractivity contribution in [3.63, 3.8) is 0 Å². The van der Waals surface area contributed by atoms with E-state index in [9.17, 15) is 9.90 Å². The molecular weight excluding hydrogens is 825 g/mol. The van der Waals surface area contributed by atoms with Gasteiger partial charge in [0.2, 0.25) is 0 Å². The third-order valence-corrected chi connectivity index (χ3v) is 15.6. The van der Waals surface area contributed by atoms with Crippen LogP contribution in [0.15, 0.2) is 29.8 Å². The smallest absolute Gasteiger partial charge is 0.306 e. The lowest BCUT2D eigenvalue weighted by atomic mass is 9.62. The van der Waals surface area contributed by atoms with Gasteiger partial charge in [0.25, 0.3) is 0 Å². The minimum Gasteiger partial charge on any atom is -0.497 e. The first-order valence-electron chi connectivity index (χ1n) is 23.7. The molecule has 1 aromatic rings. The number of nitrogens with zero attached hydrogens (tertiary/aromatic N) is 1. The van der Waals surface area contributed by atoms with Gasteiger partial charge in [0.1, 0.15) is 35.9 Å². The van der Waals surface area contributed by atoms with Gasteiger partial charge in [-0.15, -0.1) is 0 Å². The molecule has 64 heavy (non-hydrogen) atoms. The van der Waals surface area contributed by atoms with Gasteiger partial charge in [0, 0.05) is 51.2 Å². The summed E-state index contributed by atoms with van der Waals surface area (Å²) >= 11 is 0. The van der Waals surface area contributed by atoms with E-state index in [4.69, 9.17) is 47.4 Å². The number of allylic oxidation sites excluding steroid dienone is 2. The maximum absolute atomic E-state index is 15.2.